The molecule has 0 radical (unpaired) electrons. The standard InChI is InChI=1S/C26H24F3N3O2S/c1-35(33,34)21-10-5-8-19(16-21)18-7-4-9-20(15-18)24-23(17-31-12-2-3-13-31)30-25-22(26(27,28)29)11-6-14-32(24)25/h4-11,14-16H,2-3,12-13,17H2,1H3. The molecule has 4 aromatic rings. The molecule has 0 atom stereocenters. The zero-order valence-corrected chi connectivity index (χ0v) is 19.9. The van der Waals surface area contributed by atoms with Gasteiger partial charge < -0.3 is 0 Å². The summed E-state index contributed by atoms with van der Waals surface area (Å²) in [5, 5.41) is 0. The van der Waals surface area contributed by atoms with Gasteiger partial charge in [0.05, 0.1) is 21.8 Å². The number of imidazole rings is 1. The third-order valence-corrected chi connectivity index (χ3v) is 7.44. The van der Waals surface area contributed by atoms with Gasteiger partial charge in [0.25, 0.3) is 0 Å². The molecule has 0 saturated carbocycles. The quantitative estimate of drug-likeness (QED) is 0.354. The monoisotopic (exact) mass is 499 g/mol. The Bertz CT molecular complexity index is 1500. The van der Waals surface area contributed by atoms with Gasteiger partial charge in [-0.1, -0.05) is 30.3 Å². The van der Waals surface area contributed by atoms with Crippen LogP contribution in [-0.4, -0.2) is 42.0 Å². The predicted octanol–water partition coefficient (Wildman–Crippen LogP) is 5.69. The fraction of sp³-hybridized carbons (Fsp3) is 0.269. The lowest BCUT2D eigenvalue weighted by molar-refractivity contribution is -0.136. The molecular weight excluding hydrogens is 475 g/mol. The van der Waals surface area contributed by atoms with E-state index in [9.17, 15) is 21.6 Å². The Balaban J connectivity index is 1.68. The molecule has 0 aliphatic carbocycles. The van der Waals surface area contributed by atoms with E-state index < -0.39 is 21.6 Å². The summed E-state index contributed by atoms with van der Waals surface area (Å²) in [6, 6.07) is 16.5. The highest BCUT2D eigenvalue weighted by atomic mass is 32.2. The maximum Gasteiger partial charge on any atom is 0.419 e. The lowest BCUT2D eigenvalue weighted by Crippen LogP contribution is -2.19. The molecule has 5 nitrogen and oxygen atoms in total. The summed E-state index contributed by atoms with van der Waals surface area (Å²) in [5.41, 5.74) is 2.50. The average Bonchev–Trinajstić information content (AvgIpc) is 3.45. The Morgan fingerprint density at radius 1 is 0.914 bits per heavy atom. The van der Waals surface area contributed by atoms with E-state index in [1.54, 1.807) is 24.4 Å². The molecule has 1 fully saturated rings. The number of aromatic nitrogens is 2. The third kappa shape index (κ3) is 4.70. The molecule has 0 unspecified atom stereocenters. The Kier molecular flexibility index (Phi) is 5.93. The van der Waals surface area contributed by atoms with Crippen molar-refractivity contribution in [2.24, 2.45) is 0 Å². The van der Waals surface area contributed by atoms with Gasteiger partial charge in [-0.05, 0) is 67.4 Å². The molecule has 1 aliphatic heterocycles. The molecule has 2 aromatic carbocycles. The number of hydrogen-bond donors (Lipinski definition) is 0. The Labute approximate surface area is 201 Å². The van der Waals surface area contributed by atoms with Crippen LogP contribution >= 0.6 is 0 Å². The first kappa shape index (κ1) is 23.6. The molecule has 9 heteroatoms. The van der Waals surface area contributed by atoms with Crippen LogP contribution in [0.25, 0.3) is 28.0 Å². The van der Waals surface area contributed by atoms with E-state index in [0.717, 1.165) is 43.8 Å². The number of likely N-dealkylation sites (tertiary alicyclic amines) is 1. The van der Waals surface area contributed by atoms with Crippen molar-refractivity contribution in [2.75, 3.05) is 19.3 Å². The largest absolute Gasteiger partial charge is 0.419 e. The third-order valence-electron chi connectivity index (χ3n) is 6.33. The maximum atomic E-state index is 13.8. The summed E-state index contributed by atoms with van der Waals surface area (Å²) in [6.45, 7) is 2.23. The minimum absolute atomic E-state index is 0.117. The van der Waals surface area contributed by atoms with Gasteiger partial charge in [0, 0.05) is 24.6 Å². The van der Waals surface area contributed by atoms with E-state index in [-0.39, 0.29) is 10.5 Å². The molecule has 1 aliphatic rings. The van der Waals surface area contributed by atoms with Crippen molar-refractivity contribution < 1.29 is 21.6 Å². The molecule has 182 valence electrons. The molecule has 0 bridgehead atoms. The van der Waals surface area contributed by atoms with Crippen molar-refractivity contribution >= 4 is 15.5 Å². The maximum absolute atomic E-state index is 13.8. The van der Waals surface area contributed by atoms with Crippen molar-refractivity contribution in [3.8, 4) is 22.4 Å². The van der Waals surface area contributed by atoms with Gasteiger partial charge in [0.15, 0.2) is 9.84 Å². The Hall–Kier alpha value is -3.17. The molecule has 0 N–H and O–H groups in total. The van der Waals surface area contributed by atoms with Crippen molar-refractivity contribution in [3.63, 3.8) is 0 Å². The van der Waals surface area contributed by atoms with Gasteiger partial charge in [0.1, 0.15) is 5.65 Å². The first-order chi connectivity index (χ1) is 16.6. The highest BCUT2D eigenvalue weighted by molar-refractivity contribution is 7.90. The van der Waals surface area contributed by atoms with Gasteiger partial charge >= 0.3 is 6.18 Å². The molecule has 0 amide bonds. The van der Waals surface area contributed by atoms with Crippen LogP contribution in [0.3, 0.4) is 0 Å². The number of alkyl halides is 3. The second kappa shape index (κ2) is 8.80. The number of pyridine rings is 1. The average molecular weight is 500 g/mol. The second-order valence-corrected chi connectivity index (χ2v) is 10.9. The topological polar surface area (TPSA) is 54.7 Å². The smallest absolute Gasteiger partial charge is 0.299 e. The number of rotatable bonds is 5. The van der Waals surface area contributed by atoms with Gasteiger partial charge in [0.2, 0.25) is 0 Å². The fourth-order valence-electron chi connectivity index (χ4n) is 4.66. The number of hydrogen-bond acceptors (Lipinski definition) is 4. The van der Waals surface area contributed by atoms with Crippen LogP contribution in [0, 0.1) is 0 Å². The van der Waals surface area contributed by atoms with Crippen molar-refractivity contribution in [1.29, 1.82) is 0 Å². The lowest BCUT2D eigenvalue weighted by atomic mass is 10.0. The Morgan fingerprint density at radius 2 is 1.57 bits per heavy atom. The summed E-state index contributed by atoms with van der Waals surface area (Å²) in [4.78, 5) is 6.90. The Morgan fingerprint density at radius 3 is 2.26 bits per heavy atom. The summed E-state index contributed by atoms with van der Waals surface area (Å²) in [5.74, 6) is 0. The second-order valence-electron chi connectivity index (χ2n) is 8.88. The first-order valence-corrected chi connectivity index (χ1v) is 13.2. The van der Waals surface area contributed by atoms with Crippen LogP contribution in [0.5, 0.6) is 0 Å². The molecule has 0 spiro atoms. The van der Waals surface area contributed by atoms with Crippen LogP contribution in [0.2, 0.25) is 0 Å². The number of nitrogens with zero attached hydrogens (tertiary/aromatic N) is 3. The van der Waals surface area contributed by atoms with Crippen LogP contribution in [0.4, 0.5) is 13.2 Å². The summed E-state index contributed by atoms with van der Waals surface area (Å²) < 4.78 is 66.9. The SMILES string of the molecule is CS(=O)(=O)c1cccc(-c2cccc(-c3c(CN4CCCC4)nc4c(C(F)(F)F)cccn34)c2)c1. The van der Waals surface area contributed by atoms with E-state index >= 15 is 0 Å². The highest BCUT2D eigenvalue weighted by Gasteiger charge is 2.35. The van der Waals surface area contributed by atoms with Gasteiger partial charge in [-0.3, -0.25) is 9.30 Å². The van der Waals surface area contributed by atoms with E-state index in [1.807, 2.05) is 30.3 Å². The first-order valence-electron chi connectivity index (χ1n) is 11.3. The molecule has 5 rings (SSSR count). The van der Waals surface area contributed by atoms with Crippen LogP contribution in [0.15, 0.2) is 71.8 Å². The van der Waals surface area contributed by atoms with Crippen LogP contribution < -0.4 is 0 Å². The summed E-state index contributed by atoms with van der Waals surface area (Å²) in [7, 11) is -3.38. The van der Waals surface area contributed by atoms with Crippen molar-refractivity contribution in [3.05, 3.63) is 78.1 Å². The molecular formula is C26H24F3N3O2S. The molecule has 35 heavy (non-hydrogen) atoms. The fourth-order valence-corrected chi connectivity index (χ4v) is 5.32. The lowest BCUT2D eigenvalue weighted by Gasteiger charge is -2.15. The van der Waals surface area contributed by atoms with E-state index in [4.69, 9.17) is 0 Å². The zero-order valence-electron chi connectivity index (χ0n) is 19.1. The van der Waals surface area contributed by atoms with Crippen LogP contribution in [-0.2, 0) is 22.6 Å². The zero-order chi connectivity index (χ0) is 24.8. The van der Waals surface area contributed by atoms with Crippen molar-refractivity contribution in [1.82, 2.24) is 14.3 Å². The normalized spacial score (nSPS) is 15.2. The molecule has 2 aromatic heterocycles. The van der Waals surface area contributed by atoms with Gasteiger partial charge in [-0.15, -0.1) is 0 Å². The number of sulfone groups is 1. The van der Waals surface area contributed by atoms with Crippen LogP contribution in [0.1, 0.15) is 24.1 Å². The molecule has 3 heterocycles. The number of halogens is 3. The summed E-state index contributed by atoms with van der Waals surface area (Å²) >= 11 is 0. The van der Waals surface area contributed by atoms with Gasteiger partial charge in [-0.2, -0.15) is 13.2 Å². The number of benzene rings is 2. The van der Waals surface area contributed by atoms with E-state index in [0.29, 0.717) is 29.1 Å². The van der Waals surface area contributed by atoms with Gasteiger partial charge in [-0.25, -0.2) is 13.4 Å². The van der Waals surface area contributed by atoms with E-state index in [2.05, 4.69) is 9.88 Å². The predicted molar refractivity (Wildman–Crippen MR) is 129 cm³/mol. The van der Waals surface area contributed by atoms with Crippen molar-refractivity contribution in [2.45, 2.75) is 30.5 Å². The summed E-state index contributed by atoms with van der Waals surface area (Å²) in [6.07, 6.45) is 0.358. The van der Waals surface area contributed by atoms with E-state index in [1.165, 1.54) is 10.5 Å². The number of fused-ring (bicyclic) bond motifs is 1. The highest BCUT2D eigenvalue weighted by Crippen LogP contribution is 2.36. The minimum atomic E-state index is -4.52. The molecule has 1 saturated heterocycles. The minimum Gasteiger partial charge on any atom is -0.299 e.